The Morgan fingerprint density at radius 2 is 2.25 bits per heavy atom. The number of hydrogen-bond acceptors (Lipinski definition) is 2. The lowest BCUT2D eigenvalue weighted by atomic mass is 9.82. The summed E-state index contributed by atoms with van der Waals surface area (Å²) >= 11 is 0. The summed E-state index contributed by atoms with van der Waals surface area (Å²) in [6, 6.07) is 0. The van der Waals surface area contributed by atoms with Crippen molar-refractivity contribution in [3.63, 3.8) is 0 Å². The van der Waals surface area contributed by atoms with Gasteiger partial charge in [-0.1, -0.05) is 20.4 Å². The van der Waals surface area contributed by atoms with E-state index < -0.39 is 0 Å². The highest BCUT2D eigenvalue weighted by Gasteiger charge is 2.54. The average Bonchev–Trinajstić information content (AvgIpc) is 2.62. The fourth-order valence-electron chi connectivity index (χ4n) is 3.12. The first-order chi connectivity index (χ1) is 7.47. The lowest BCUT2D eigenvalue weighted by Gasteiger charge is -2.56. The molecule has 2 aliphatic rings. The summed E-state index contributed by atoms with van der Waals surface area (Å²) in [4.78, 5) is 15.9. The van der Waals surface area contributed by atoms with E-state index in [4.69, 9.17) is 0 Å². The molecule has 1 atom stereocenters. The zero-order valence-electron chi connectivity index (χ0n) is 10.6. The molecule has 1 spiro atoms. The maximum absolute atomic E-state index is 11.6. The monoisotopic (exact) mass is 222 g/mol. The summed E-state index contributed by atoms with van der Waals surface area (Å²) in [7, 11) is 0. The molecule has 3 heteroatoms. The van der Waals surface area contributed by atoms with Gasteiger partial charge in [0.25, 0.3) is 0 Å². The molecule has 90 valence electrons. The van der Waals surface area contributed by atoms with Gasteiger partial charge in [0, 0.05) is 32.3 Å². The first kappa shape index (κ1) is 11.5. The first-order valence-corrected chi connectivity index (χ1v) is 6.20. The standard InChI is InChI=1S/C13H22N2O/c1-10(2)8-14-9-13(11(14)3)6-5-7-15(13)12(4)16/h10H,3,5-9H2,1-2,4H3. The Balaban J connectivity index is 2.07. The third-order valence-electron chi connectivity index (χ3n) is 3.83. The number of hydrogen-bond donors (Lipinski definition) is 0. The van der Waals surface area contributed by atoms with E-state index in [2.05, 4.69) is 25.3 Å². The van der Waals surface area contributed by atoms with Crippen LogP contribution in [0, 0.1) is 5.92 Å². The number of carbonyl (C=O) groups is 1. The van der Waals surface area contributed by atoms with Gasteiger partial charge in [-0.2, -0.15) is 0 Å². The molecule has 2 aliphatic heterocycles. The van der Waals surface area contributed by atoms with Gasteiger partial charge in [0.05, 0.1) is 5.54 Å². The normalized spacial score (nSPS) is 29.1. The van der Waals surface area contributed by atoms with Gasteiger partial charge >= 0.3 is 0 Å². The van der Waals surface area contributed by atoms with Crippen LogP contribution in [0.15, 0.2) is 12.3 Å². The highest BCUT2D eigenvalue weighted by Crippen LogP contribution is 2.45. The Morgan fingerprint density at radius 1 is 1.56 bits per heavy atom. The minimum Gasteiger partial charge on any atom is -0.370 e. The Hall–Kier alpha value is -0.990. The molecule has 0 aliphatic carbocycles. The molecule has 2 heterocycles. The molecule has 0 aromatic carbocycles. The summed E-state index contributed by atoms with van der Waals surface area (Å²) < 4.78 is 0. The third-order valence-corrected chi connectivity index (χ3v) is 3.83. The van der Waals surface area contributed by atoms with Crippen molar-refractivity contribution in [3.05, 3.63) is 12.3 Å². The molecule has 3 nitrogen and oxygen atoms in total. The van der Waals surface area contributed by atoms with Crippen molar-refractivity contribution in [2.45, 2.75) is 39.2 Å². The van der Waals surface area contributed by atoms with Crippen LogP contribution in [0.3, 0.4) is 0 Å². The average molecular weight is 222 g/mol. The smallest absolute Gasteiger partial charge is 0.220 e. The van der Waals surface area contributed by atoms with Crippen LogP contribution in [0.1, 0.15) is 33.6 Å². The van der Waals surface area contributed by atoms with Crippen LogP contribution in [0.4, 0.5) is 0 Å². The number of amides is 1. The molecule has 0 aromatic rings. The number of nitrogens with zero attached hydrogens (tertiary/aromatic N) is 2. The van der Waals surface area contributed by atoms with Crippen LogP contribution in [0.5, 0.6) is 0 Å². The molecule has 0 aromatic heterocycles. The fourth-order valence-corrected chi connectivity index (χ4v) is 3.12. The Morgan fingerprint density at radius 3 is 2.75 bits per heavy atom. The number of rotatable bonds is 2. The van der Waals surface area contributed by atoms with Crippen molar-refractivity contribution in [2.75, 3.05) is 19.6 Å². The SMILES string of the molecule is C=C1N(CC(C)C)CC12CCCN2C(C)=O. The van der Waals surface area contributed by atoms with Gasteiger partial charge in [0.2, 0.25) is 5.91 Å². The molecule has 0 saturated carbocycles. The van der Waals surface area contributed by atoms with Crippen molar-refractivity contribution in [1.82, 2.24) is 9.80 Å². The minimum absolute atomic E-state index is 0.0132. The topological polar surface area (TPSA) is 23.6 Å². The number of likely N-dealkylation sites (tertiary alicyclic amines) is 2. The summed E-state index contributed by atoms with van der Waals surface area (Å²) in [5, 5.41) is 0. The molecule has 16 heavy (non-hydrogen) atoms. The highest BCUT2D eigenvalue weighted by atomic mass is 16.2. The van der Waals surface area contributed by atoms with Gasteiger partial charge in [-0.05, 0) is 18.8 Å². The molecule has 1 unspecified atom stereocenters. The molecule has 0 radical (unpaired) electrons. The van der Waals surface area contributed by atoms with Gasteiger partial charge in [-0.3, -0.25) is 4.79 Å². The van der Waals surface area contributed by atoms with E-state index >= 15 is 0 Å². The number of carbonyl (C=O) groups excluding carboxylic acids is 1. The molecule has 2 rings (SSSR count). The van der Waals surface area contributed by atoms with Gasteiger partial charge in [-0.15, -0.1) is 0 Å². The predicted molar refractivity (Wildman–Crippen MR) is 64.9 cm³/mol. The Bertz CT molecular complexity index is 324. The summed E-state index contributed by atoms with van der Waals surface area (Å²) in [5.74, 6) is 0.851. The van der Waals surface area contributed by atoms with E-state index in [9.17, 15) is 4.79 Å². The summed E-state index contributed by atoms with van der Waals surface area (Å²) in [6.07, 6.45) is 2.22. The van der Waals surface area contributed by atoms with Gasteiger partial charge in [0.15, 0.2) is 0 Å². The van der Waals surface area contributed by atoms with Crippen molar-refractivity contribution < 1.29 is 4.79 Å². The van der Waals surface area contributed by atoms with Crippen molar-refractivity contribution in [3.8, 4) is 0 Å². The molecule has 1 amide bonds. The quantitative estimate of drug-likeness (QED) is 0.712. The Kier molecular flexibility index (Phi) is 2.72. The molecule has 2 saturated heterocycles. The second kappa shape index (κ2) is 3.79. The Labute approximate surface area is 98.1 Å². The van der Waals surface area contributed by atoms with Crippen LogP contribution >= 0.6 is 0 Å². The predicted octanol–water partition coefficient (Wildman–Crippen LogP) is 1.85. The van der Waals surface area contributed by atoms with Crippen LogP contribution in [-0.2, 0) is 4.79 Å². The van der Waals surface area contributed by atoms with E-state index in [1.165, 1.54) is 0 Å². The first-order valence-electron chi connectivity index (χ1n) is 6.20. The van der Waals surface area contributed by atoms with E-state index in [0.717, 1.165) is 38.2 Å². The van der Waals surface area contributed by atoms with E-state index in [0.29, 0.717) is 5.92 Å². The highest BCUT2D eigenvalue weighted by molar-refractivity contribution is 5.75. The third kappa shape index (κ3) is 1.53. The van der Waals surface area contributed by atoms with E-state index in [1.54, 1.807) is 6.92 Å². The van der Waals surface area contributed by atoms with Crippen molar-refractivity contribution >= 4 is 5.91 Å². The van der Waals surface area contributed by atoms with Crippen molar-refractivity contribution in [2.24, 2.45) is 5.92 Å². The lowest BCUT2D eigenvalue weighted by Crippen LogP contribution is -2.66. The van der Waals surface area contributed by atoms with Crippen LogP contribution in [-0.4, -0.2) is 40.9 Å². The molecule has 2 fully saturated rings. The van der Waals surface area contributed by atoms with E-state index in [-0.39, 0.29) is 11.4 Å². The zero-order chi connectivity index (χ0) is 11.9. The lowest BCUT2D eigenvalue weighted by molar-refractivity contribution is -0.135. The largest absolute Gasteiger partial charge is 0.370 e. The van der Waals surface area contributed by atoms with Gasteiger partial charge in [-0.25, -0.2) is 0 Å². The van der Waals surface area contributed by atoms with E-state index in [1.807, 2.05) is 4.90 Å². The fraction of sp³-hybridized carbons (Fsp3) is 0.769. The molecular formula is C13H22N2O. The second-order valence-electron chi connectivity index (χ2n) is 5.53. The maximum atomic E-state index is 11.6. The zero-order valence-corrected chi connectivity index (χ0v) is 10.6. The molecule has 0 N–H and O–H groups in total. The van der Waals surface area contributed by atoms with Crippen LogP contribution < -0.4 is 0 Å². The van der Waals surface area contributed by atoms with Gasteiger partial charge in [0.1, 0.15) is 0 Å². The van der Waals surface area contributed by atoms with Crippen LogP contribution in [0.25, 0.3) is 0 Å². The molecular weight excluding hydrogens is 200 g/mol. The minimum atomic E-state index is -0.0132. The second-order valence-corrected chi connectivity index (χ2v) is 5.53. The molecule has 0 bridgehead atoms. The maximum Gasteiger partial charge on any atom is 0.220 e. The summed E-state index contributed by atoms with van der Waals surface area (Å²) in [6.45, 7) is 13.3. The van der Waals surface area contributed by atoms with Crippen molar-refractivity contribution in [1.29, 1.82) is 0 Å². The van der Waals surface area contributed by atoms with Crippen LogP contribution in [0.2, 0.25) is 0 Å². The summed E-state index contributed by atoms with van der Waals surface area (Å²) in [5.41, 5.74) is 1.15. The van der Waals surface area contributed by atoms with Gasteiger partial charge < -0.3 is 9.80 Å².